The number of fused-ring (bicyclic) bond motifs is 2. The van der Waals surface area contributed by atoms with Gasteiger partial charge in [0.15, 0.2) is 11.6 Å². The van der Waals surface area contributed by atoms with Crippen LogP contribution in [0.15, 0.2) is 11.0 Å². The van der Waals surface area contributed by atoms with Gasteiger partial charge in [-0.15, -0.1) is 0 Å². The van der Waals surface area contributed by atoms with E-state index in [1.807, 2.05) is 0 Å². The highest BCUT2D eigenvalue weighted by Crippen LogP contribution is 2.48. The number of nitrogen functional groups attached to an aromatic ring is 1. The third-order valence-corrected chi connectivity index (χ3v) is 6.03. The molecule has 1 aromatic heterocycles. The minimum Gasteiger partial charge on any atom is -0.477 e. The number of rotatable bonds is 3. The fourth-order valence-corrected chi connectivity index (χ4v) is 4.56. The number of anilines is 2. The molecule has 5 N–H and O–H groups in total. The van der Waals surface area contributed by atoms with E-state index in [-0.39, 0.29) is 23.3 Å². The molecule has 0 atom stereocenters. The van der Waals surface area contributed by atoms with Crippen molar-refractivity contribution in [1.29, 1.82) is 0 Å². The van der Waals surface area contributed by atoms with Crippen LogP contribution in [0.1, 0.15) is 42.1 Å². The van der Waals surface area contributed by atoms with Crippen LogP contribution < -0.4 is 21.8 Å². The lowest BCUT2D eigenvalue weighted by molar-refractivity contribution is 0.0695. The van der Waals surface area contributed by atoms with Gasteiger partial charge in [-0.1, -0.05) is 0 Å². The van der Waals surface area contributed by atoms with E-state index < -0.39 is 45.2 Å². The summed E-state index contributed by atoms with van der Waals surface area (Å²) in [5.41, 5.74) is 9.17. The number of nitrogens with two attached hydrogens (primary N) is 2. The minimum atomic E-state index is -1.45. The number of benzene rings is 1. The van der Waals surface area contributed by atoms with Crippen LogP contribution in [0.2, 0.25) is 0 Å². The molecule has 27 heavy (non-hydrogen) atoms. The first kappa shape index (κ1) is 16.5. The maximum Gasteiger partial charge on any atom is 0.341 e. The zero-order valence-corrected chi connectivity index (χ0v) is 14.3. The normalized spacial score (nSPS) is 26.5. The molecule has 7 nitrogen and oxygen atoms in total. The number of carbonyl (C=O) groups is 1. The molecule has 4 aliphatic rings. The molecule has 3 heterocycles. The Labute approximate surface area is 152 Å². The van der Waals surface area contributed by atoms with Gasteiger partial charge in [0.2, 0.25) is 5.43 Å². The predicted octanol–water partition coefficient (Wildman–Crippen LogP) is 1.57. The average Bonchev–Trinajstić information content (AvgIpc) is 3.30. The molecule has 1 aromatic carbocycles. The number of hydrogen-bond acceptors (Lipinski definition) is 5. The van der Waals surface area contributed by atoms with Gasteiger partial charge in [-0.25, -0.2) is 13.6 Å². The second-order valence-electron chi connectivity index (χ2n) is 7.98. The van der Waals surface area contributed by atoms with Gasteiger partial charge in [-0.3, -0.25) is 4.79 Å². The van der Waals surface area contributed by atoms with Crippen molar-refractivity contribution in [1.82, 2.24) is 4.57 Å². The molecule has 9 heteroatoms. The molecule has 2 saturated heterocycles. The second kappa shape index (κ2) is 4.98. The van der Waals surface area contributed by atoms with Gasteiger partial charge in [0.1, 0.15) is 11.3 Å². The molecular formula is C18H18F2N4O3. The zero-order chi connectivity index (χ0) is 19.2. The van der Waals surface area contributed by atoms with Crippen LogP contribution >= 0.6 is 0 Å². The van der Waals surface area contributed by atoms with E-state index >= 15 is 8.78 Å². The number of hydrogen-bond donors (Lipinski definition) is 3. The van der Waals surface area contributed by atoms with E-state index in [1.54, 1.807) is 4.90 Å². The number of carboxylic acid groups (broad SMARTS) is 1. The molecule has 0 spiro atoms. The molecular weight excluding hydrogens is 358 g/mol. The van der Waals surface area contributed by atoms with Crippen LogP contribution in [-0.2, 0) is 0 Å². The number of carboxylic acids is 1. The third kappa shape index (κ3) is 2.08. The van der Waals surface area contributed by atoms with Gasteiger partial charge < -0.3 is 26.0 Å². The van der Waals surface area contributed by atoms with Crippen LogP contribution in [0.4, 0.5) is 20.2 Å². The first-order chi connectivity index (χ1) is 12.7. The highest BCUT2D eigenvalue weighted by molar-refractivity contribution is 6.00. The van der Waals surface area contributed by atoms with Crippen LogP contribution in [0.5, 0.6) is 0 Å². The summed E-state index contributed by atoms with van der Waals surface area (Å²) in [6, 6.07) is -0.193. The summed E-state index contributed by atoms with van der Waals surface area (Å²) in [6.45, 7) is 0.317. The summed E-state index contributed by atoms with van der Waals surface area (Å²) < 4.78 is 32.1. The highest BCUT2D eigenvalue weighted by Gasteiger charge is 2.54. The lowest BCUT2D eigenvalue weighted by atomic mass is 9.79. The molecule has 2 aliphatic carbocycles. The van der Waals surface area contributed by atoms with Gasteiger partial charge in [0.25, 0.3) is 0 Å². The SMILES string of the molecule is Nc1c(F)c(N2CC3(N)CC2C3)c(F)c2c1c(=O)c(C(=O)O)cn2C1CC1. The summed E-state index contributed by atoms with van der Waals surface area (Å²) in [7, 11) is 0. The van der Waals surface area contributed by atoms with Crippen molar-refractivity contribution in [3.05, 3.63) is 33.6 Å². The quantitative estimate of drug-likeness (QED) is 0.701. The zero-order valence-electron chi connectivity index (χ0n) is 14.3. The Bertz CT molecular complexity index is 1090. The van der Waals surface area contributed by atoms with Gasteiger partial charge >= 0.3 is 5.97 Å². The van der Waals surface area contributed by atoms with E-state index in [1.165, 1.54) is 4.57 Å². The Balaban J connectivity index is 1.85. The highest BCUT2D eigenvalue weighted by atomic mass is 19.1. The Kier molecular flexibility index (Phi) is 3.04. The summed E-state index contributed by atoms with van der Waals surface area (Å²) >= 11 is 0. The monoisotopic (exact) mass is 376 g/mol. The number of aromatic nitrogens is 1. The molecule has 2 saturated carbocycles. The number of aromatic carboxylic acids is 1. The van der Waals surface area contributed by atoms with Crippen molar-refractivity contribution in [2.24, 2.45) is 5.73 Å². The lowest BCUT2D eigenvalue weighted by Gasteiger charge is -2.33. The Morgan fingerprint density at radius 1 is 1.22 bits per heavy atom. The largest absolute Gasteiger partial charge is 0.477 e. The van der Waals surface area contributed by atoms with Crippen molar-refractivity contribution in [2.75, 3.05) is 17.2 Å². The first-order valence-electron chi connectivity index (χ1n) is 8.86. The molecule has 142 valence electrons. The summed E-state index contributed by atoms with van der Waals surface area (Å²) in [6.07, 6.45) is 3.89. The molecule has 2 aromatic rings. The van der Waals surface area contributed by atoms with Gasteiger partial charge in [-0.05, 0) is 25.7 Å². The second-order valence-corrected chi connectivity index (χ2v) is 7.98. The fraction of sp³-hybridized carbons (Fsp3) is 0.444. The Morgan fingerprint density at radius 2 is 1.89 bits per heavy atom. The molecule has 6 rings (SSSR count). The van der Waals surface area contributed by atoms with Crippen molar-refractivity contribution >= 4 is 28.2 Å². The molecule has 0 amide bonds. The summed E-state index contributed by atoms with van der Waals surface area (Å²) in [5.74, 6) is -3.36. The summed E-state index contributed by atoms with van der Waals surface area (Å²) in [4.78, 5) is 25.6. The Morgan fingerprint density at radius 3 is 2.41 bits per heavy atom. The molecule has 4 fully saturated rings. The topological polar surface area (TPSA) is 115 Å². The Hall–Kier alpha value is -2.68. The van der Waals surface area contributed by atoms with Crippen molar-refractivity contribution in [3.63, 3.8) is 0 Å². The van der Waals surface area contributed by atoms with Gasteiger partial charge in [0.05, 0.1) is 16.6 Å². The van der Waals surface area contributed by atoms with Crippen LogP contribution in [0.3, 0.4) is 0 Å². The van der Waals surface area contributed by atoms with Crippen molar-refractivity contribution in [3.8, 4) is 0 Å². The number of nitrogens with zero attached hydrogens (tertiary/aromatic N) is 2. The third-order valence-electron chi connectivity index (χ3n) is 6.03. The van der Waals surface area contributed by atoms with E-state index in [4.69, 9.17) is 11.5 Å². The van der Waals surface area contributed by atoms with Crippen LogP contribution in [-0.4, -0.2) is 33.8 Å². The van der Waals surface area contributed by atoms with E-state index in [9.17, 15) is 14.7 Å². The standard InChI is InChI=1S/C18H18F2N4O3/c19-11-13(21)10-14(12(20)15(11)24-6-18(22)3-8(24)4-18)23(7-1-2-7)5-9(16(10)25)17(26)27/h5,7-8H,1-4,6,21-22H2,(H,26,27). The molecule has 0 radical (unpaired) electrons. The first-order valence-corrected chi connectivity index (χ1v) is 8.86. The maximum absolute atomic E-state index is 15.6. The molecule has 2 aliphatic heterocycles. The predicted molar refractivity (Wildman–Crippen MR) is 95.1 cm³/mol. The maximum atomic E-state index is 15.6. The average molecular weight is 376 g/mol. The van der Waals surface area contributed by atoms with Crippen LogP contribution in [0.25, 0.3) is 10.9 Å². The van der Waals surface area contributed by atoms with E-state index in [0.717, 1.165) is 19.0 Å². The summed E-state index contributed by atoms with van der Waals surface area (Å²) in [5, 5.41) is 8.91. The van der Waals surface area contributed by atoms with Gasteiger partial charge in [-0.2, -0.15) is 0 Å². The van der Waals surface area contributed by atoms with E-state index in [2.05, 4.69) is 0 Å². The molecule has 0 unspecified atom stereocenters. The fourth-order valence-electron chi connectivity index (χ4n) is 4.56. The minimum absolute atomic E-state index is 0.0600. The number of halogens is 2. The van der Waals surface area contributed by atoms with Crippen molar-refractivity contribution in [2.45, 2.75) is 43.3 Å². The molecule has 2 bridgehead atoms. The van der Waals surface area contributed by atoms with Crippen molar-refractivity contribution < 1.29 is 18.7 Å². The smallest absolute Gasteiger partial charge is 0.341 e. The lowest BCUT2D eigenvalue weighted by Crippen LogP contribution is -2.48. The van der Waals surface area contributed by atoms with E-state index in [0.29, 0.717) is 19.4 Å². The number of pyridine rings is 1. The van der Waals surface area contributed by atoms with Crippen LogP contribution in [0, 0.1) is 11.6 Å². The van der Waals surface area contributed by atoms with Gasteiger partial charge in [0, 0.05) is 30.4 Å².